The van der Waals surface area contributed by atoms with Crippen molar-refractivity contribution in [3.05, 3.63) is 30.4 Å². The molecule has 0 saturated carbocycles. The molecule has 0 aliphatic rings. The fourth-order valence-electron chi connectivity index (χ4n) is 1.83. The summed E-state index contributed by atoms with van der Waals surface area (Å²) >= 11 is 0. The van der Waals surface area contributed by atoms with E-state index in [0.717, 1.165) is 11.4 Å². The van der Waals surface area contributed by atoms with Crippen molar-refractivity contribution in [3.63, 3.8) is 0 Å². The van der Waals surface area contributed by atoms with Gasteiger partial charge in [0.2, 0.25) is 5.88 Å². The van der Waals surface area contributed by atoms with Gasteiger partial charge in [-0.3, -0.25) is 4.68 Å². The Morgan fingerprint density at radius 3 is 2.84 bits per heavy atom. The van der Waals surface area contributed by atoms with Crippen molar-refractivity contribution < 1.29 is 4.74 Å². The number of aryl methyl sites for hydroxylation is 1. The molecule has 102 valence electrons. The summed E-state index contributed by atoms with van der Waals surface area (Å²) in [4.78, 5) is 10.4. The second-order valence-electron chi connectivity index (χ2n) is 4.38. The molecule has 0 aliphatic carbocycles. The minimum atomic E-state index is 0.179. The van der Waals surface area contributed by atoms with Crippen LogP contribution >= 0.6 is 0 Å². The monoisotopic (exact) mass is 261 g/mol. The molecule has 19 heavy (non-hydrogen) atoms. The second-order valence-corrected chi connectivity index (χ2v) is 4.38. The smallest absolute Gasteiger partial charge is 0.218 e. The molecule has 2 aromatic rings. The number of hydrogen-bond donors (Lipinski definition) is 0. The molecule has 1 atom stereocenters. The Bertz CT molecular complexity index is 539. The van der Waals surface area contributed by atoms with Crippen LogP contribution in [0, 0.1) is 0 Å². The molecular weight excluding hydrogens is 242 g/mol. The summed E-state index contributed by atoms with van der Waals surface area (Å²) in [6, 6.07) is 2.02. The van der Waals surface area contributed by atoms with Crippen LogP contribution in [0.4, 0.5) is 5.82 Å². The molecular formula is C13H19N5O. The highest BCUT2D eigenvalue weighted by atomic mass is 16.5. The minimum absolute atomic E-state index is 0.179. The Morgan fingerprint density at radius 1 is 1.42 bits per heavy atom. The lowest BCUT2D eigenvalue weighted by Crippen LogP contribution is -2.22. The molecule has 2 aromatic heterocycles. The lowest BCUT2D eigenvalue weighted by Gasteiger charge is -2.25. The molecule has 0 fully saturated rings. The largest absolute Gasteiger partial charge is 0.478 e. The molecule has 0 bridgehead atoms. The highest BCUT2D eigenvalue weighted by molar-refractivity contribution is 5.42. The Morgan fingerprint density at radius 2 is 2.21 bits per heavy atom. The zero-order valence-corrected chi connectivity index (χ0v) is 11.7. The SMILES string of the molecule is CCOc1cc(N(C)C(C)c2cnn(C)c2)ncn1. The van der Waals surface area contributed by atoms with Crippen LogP contribution in [0.25, 0.3) is 0 Å². The third-order valence-electron chi connectivity index (χ3n) is 3.07. The van der Waals surface area contributed by atoms with E-state index in [2.05, 4.69) is 26.9 Å². The summed E-state index contributed by atoms with van der Waals surface area (Å²) in [7, 11) is 3.91. The number of ether oxygens (including phenoxy) is 1. The molecule has 0 saturated heterocycles. The fourth-order valence-corrected chi connectivity index (χ4v) is 1.83. The fraction of sp³-hybridized carbons (Fsp3) is 0.462. The molecule has 0 aliphatic heterocycles. The van der Waals surface area contributed by atoms with Crippen molar-refractivity contribution in [2.75, 3.05) is 18.6 Å². The molecule has 2 heterocycles. The van der Waals surface area contributed by atoms with Crippen LogP contribution < -0.4 is 9.64 Å². The van der Waals surface area contributed by atoms with Gasteiger partial charge in [0.15, 0.2) is 0 Å². The number of nitrogens with zero attached hydrogens (tertiary/aromatic N) is 5. The van der Waals surface area contributed by atoms with E-state index in [1.54, 1.807) is 4.68 Å². The minimum Gasteiger partial charge on any atom is -0.478 e. The molecule has 0 spiro atoms. The quantitative estimate of drug-likeness (QED) is 0.821. The summed E-state index contributed by atoms with van der Waals surface area (Å²) < 4.78 is 7.19. The topological polar surface area (TPSA) is 56.1 Å². The van der Waals surface area contributed by atoms with Crippen LogP contribution in [0.5, 0.6) is 5.88 Å². The van der Waals surface area contributed by atoms with Gasteiger partial charge in [-0.25, -0.2) is 9.97 Å². The van der Waals surface area contributed by atoms with Crippen LogP contribution in [-0.2, 0) is 7.05 Å². The number of anilines is 1. The van der Waals surface area contributed by atoms with E-state index in [9.17, 15) is 0 Å². The Hall–Kier alpha value is -2.11. The molecule has 0 radical (unpaired) electrons. The summed E-state index contributed by atoms with van der Waals surface area (Å²) in [5, 5.41) is 4.19. The first-order valence-electron chi connectivity index (χ1n) is 6.28. The summed E-state index contributed by atoms with van der Waals surface area (Å²) in [5.41, 5.74) is 1.14. The van der Waals surface area contributed by atoms with Gasteiger partial charge in [0, 0.05) is 31.9 Å². The van der Waals surface area contributed by atoms with E-state index >= 15 is 0 Å². The summed E-state index contributed by atoms with van der Waals surface area (Å²) in [5.74, 6) is 1.42. The highest BCUT2D eigenvalue weighted by Gasteiger charge is 2.15. The predicted molar refractivity (Wildman–Crippen MR) is 73.2 cm³/mol. The maximum atomic E-state index is 5.39. The van der Waals surface area contributed by atoms with E-state index in [1.165, 1.54) is 6.33 Å². The van der Waals surface area contributed by atoms with Gasteiger partial charge < -0.3 is 9.64 Å². The van der Waals surface area contributed by atoms with Gasteiger partial charge in [0.25, 0.3) is 0 Å². The van der Waals surface area contributed by atoms with Crippen molar-refractivity contribution in [2.24, 2.45) is 7.05 Å². The third kappa shape index (κ3) is 3.01. The van der Waals surface area contributed by atoms with Gasteiger partial charge in [-0.2, -0.15) is 5.10 Å². The zero-order chi connectivity index (χ0) is 13.8. The maximum Gasteiger partial charge on any atom is 0.218 e. The Kier molecular flexibility index (Phi) is 3.99. The van der Waals surface area contributed by atoms with E-state index < -0.39 is 0 Å². The maximum absolute atomic E-state index is 5.39. The van der Waals surface area contributed by atoms with Crippen molar-refractivity contribution in [2.45, 2.75) is 19.9 Å². The molecule has 2 rings (SSSR count). The zero-order valence-electron chi connectivity index (χ0n) is 11.7. The third-order valence-corrected chi connectivity index (χ3v) is 3.07. The first-order valence-corrected chi connectivity index (χ1v) is 6.28. The van der Waals surface area contributed by atoms with E-state index in [0.29, 0.717) is 12.5 Å². The van der Waals surface area contributed by atoms with Crippen LogP contribution in [0.1, 0.15) is 25.5 Å². The van der Waals surface area contributed by atoms with Gasteiger partial charge >= 0.3 is 0 Å². The number of hydrogen-bond acceptors (Lipinski definition) is 5. The number of rotatable bonds is 5. The first kappa shape index (κ1) is 13.3. The predicted octanol–water partition coefficient (Wildman–Crippen LogP) is 1.81. The van der Waals surface area contributed by atoms with Crippen molar-refractivity contribution in [1.82, 2.24) is 19.7 Å². The van der Waals surface area contributed by atoms with Crippen molar-refractivity contribution in [1.29, 1.82) is 0 Å². The normalized spacial score (nSPS) is 12.2. The summed E-state index contributed by atoms with van der Waals surface area (Å²) in [6.07, 6.45) is 5.39. The van der Waals surface area contributed by atoms with Crippen molar-refractivity contribution in [3.8, 4) is 5.88 Å². The number of aromatic nitrogens is 4. The van der Waals surface area contributed by atoms with Gasteiger partial charge in [0.05, 0.1) is 18.8 Å². The second kappa shape index (κ2) is 5.69. The average molecular weight is 261 g/mol. The van der Waals surface area contributed by atoms with Gasteiger partial charge in [-0.15, -0.1) is 0 Å². The van der Waals surface area contributed by atoms with E-state index in [4.69, 9.17) is 4.74 Å². The molecule has 0 amide bonds. The average Bonchev–Trinajstić information content (AvgIpc) is 2.84. The molecule has 0 N–H and O–H groups in total. The van der Waals surface area contributed by atoms with Crippen LogP contribution in [0.15, 0.2) is 24.8 Å². The summed E-state index contributed by atoms with van der Waals surface area (Å²) in [6.45, 7) is 4.64. The Labute approximate surface area is 113 Å². The van der Waals surface area contributed by atoms with Gasteiger partial charge in [0.1, 0.15) is 12.1 Å². The van der Waals surface area contributed by atoms with E-state index in [1.807, 2.05) is 39.5 Å². The first-order chi connectivity index (χ1) is 9.11. The lowest BCUT2D eigenvalue weighted by molar-refractivity contribution is 0.326. The molecule has 6 nitrogen and oxygen atoms in total. The Balaban J connectivity index is 2.18. The molecule has 1 unspecified atom stereocenters. The van der Waals surface area contributed by atoms with E-state index in [-0.39, 0.29) is 6.04 Å². The van der Waals surface area contributed by atoms with Gasteiger partial charge in [-0.05, 0) is 13.8 Å². The van der Waals surface area contributed by atoms with Crippen LogP contribution in [0.2, 0.25) is 0 Å². The molecule has 6 heteroatoms. The van der Waals surface area contributed by atoms with Gasteiger partial charge in [-0.1, -0.05) is 0 Å². The van der Waals surface area contributed by atoms with Crippen molar-refractivity contribution >= 4 is 5.82 Å². The van der Waals surface area contributed by atoms with Crippen LogP contribution in [0.3, 0.4) is 0 Å². The highest BCUT2D eigenvalue weighted by Crippen LogP contribution is 2.24. The molecule has 0 aromatic carbocycles. The van der Waals surface area contributed by atoms with Crippen LogP contribution in [-0.4, -0.2) is 33.4 Å². The standard InChI is InChI=1S/C13H19N5O/c1-5-19-13-6-12(14-9-15-13)18(4)10(2)11-7-16-17(3)8-11/h6-10H,5H2,1-4H3. The lowest BCUT2D eigenvalue weighted by atomic mass is 10.1.